The van der Waals surface area contributed by atoms with Crippen molar-refractivity contribution in [3.8, 4) is 0 Å². The van der Waals surface area contributed by atoms with E-state index in [2.05, 4.69) is 38.4 Å². The molecular formula is C15H24FNS. The Balaban J connectivity index is 2.60. The Morgan fingerprint density at radius 2 is 1.72 bits per heavy atom. The number of halogens is 1. The molecule has 1 rings (SSSR count). The average Bonchev–Trinajstić information content (AvgIpc) is 2.39. The van der Waals surface area contributed by atoms with E-state index in [9.17, 15) is 4.39 Å². The van der Waals surface area contributed by atoms with Crippen LogP contribution in [0.1, 0.15) is 32.3 Å². The number of benzene rings is 1. The quantitative estimate of drug-likeness (QED) is 0.732. The smallest absolute Gasteiger partial charge is 0.123 e. The van der Waals surface area contributed by atoms with Gasteiger partial charge >= 0.3 is 0 Å². The first kappa shape index (κ1) is 15.5. The number of hydrogen-bond donors (Lipinski definition) is 1. The molecule has 0 spiro atoms. The van der Waals surface area contributed by atoms with Gasteiger partial charge in [0.15, 0.2) is 0 Å². The molecule has 0 atom stereocenters. The summed E-state index contributed by atoms with van der Waals surface area (Å²) >= 11 is 4.50. The monoisotopic (exact) mass is 269 g/mol. The van der Waals surface area contributed by atoms with Gasteiger partial charge in [-0.2, -0.15) is 12.6 Å². The van der Waals surface area contributed by atoms with Gasteiger partial charge in [0.05, 0.1) is 0 Å². The SMILES string of the molecule is CCC(CC)(CS)CN(C)Cc1ccc(F)cc1. The van der Waals surface area contributed by atoms with Crippen molar-refractivity contribution in [3.63, 3.8) is 0 Å². The molecule has 1 aromatic rings. The average molecular weight is 269 g/mol. The predicted molar refractivity (Wildman–Crippen MR) is 79.6 cm³/mol. The Bertz CT molecular complexity index is 338. The molecule has 1 aromatic carbocycles. The van der Waals surface area contributed by atoms with E-state index >= 15 is 0 Å². The summed E-state index contributed by atoms with van der Waals surface area (Å²) in [5, 5.41) is 0. The molecule has 0 aromatic heterocycles. The van der Waals surface area contributed by atoms with Crippen molar-refractivity contribution in [3.05, 3.63) is 35.6 Å². The van der Waals surface area contributed by atoms with E-state index < -0.39 is 0 Å². The van der Waals surface area contributed by atoms with Crippen LogP contribution >= 0.6 is 12.6 Å². The summed E-state index contributed by atoms with van der Waals surface area (Å²) in [4.78, 5) is 2.30. The van der Waals surface area contributed by atoms with Crippen molar-refractivity contribution < 1.29 is 4.39 Å². The molecule has 0 radical (unpaired) electrons. The van der Waals surface area contributed by atoms with E-state index in [1.165, 1.54) is 12.1 Å². The molecular weight excluding hydrogens is 245 g/mol. The van der Waals surface area contributed by atoms with Gasteiger partial charge in [-0.15, -0.1) is 0 Å². The van der Waals surface area contributed by atoms with Crippen LogP contribution in [0.25, 0.3) is 0 Å². The molecule has 0 N–H and O–H groups in total. The number of hydrogen-bond acceptors (Lipinski definition) is 2. The van der Waals surface area contributed by atoms with Crippen molar-refractivity contribution in [2.75, 3.05) is 19.3 Å². The molecule has 102 valence electrons. The van der Waals surface area contributed by atoms with Gasteiger partial charge < -0.3 is 4.90 Å². The van der Waals surface area contributed by atoms with Crippen LogP contribution in [-0.2, 0) is 6.54 Å². The largest absolute Gasteiger partial charge is 0.302 e. The van der Waals surface area contributed by atoms with Crippen LogP contribution in [-0.4, -0.2) is 24.2 Å². The first-order valence-electron chi connectivity index (χ1n) is 6.59. The Morgan fingerprint density at radius 1 is 1.17 bits per heavy atom. The maximum atomic E-state index is 12.8. The van der Waals surface area contributed by atoms with Crippen LogP contribution in [0, 0.1) is 11.2 Å². The molecule has 0 saturated carbocycles. The summed E-state index contributed by atoms with van der Waals surface area (Å²) in [5.74, 6) is 0.738. The molecule has 0 bridgehead atoms. The summed E-state index contributed by atoms with van der Waals surface area (Å²) < 4.78 is 12.8. The van der Waals surface area contributed by atoms with Gasteiger partial charge in [0.2, 0.25) is 0 Å². The standard InChI is InChI=1S/C15H24FNS/c1-4-15(5-2,12-18)11-17(3)10-13-6-8-14(16)9-7-13/h6-9,18H,4-5,10-12H2,1-3H3. The van der Waals surface area contributed by atoms with Gasteiger partial charge in [0.25, 0.3) is 0 Å². The maximum Gasteiger partial charge on any atom is 0.123 e. The Morgan fingerprint density at radius 3 is 2.17 bits per heavy atom. The normalized spacial score (nSPS) is 12.1. The molecule has 0 unspecified atom stereocenters. The molecule has 3 heteroatoms. The van der Waals surface area contributed by atoms with E-state index in [0.717, 1.165) is 37.2 Å². The van der Waals surface area contributed by atoms with Gasteiger partial charge in [0, 0.05) is 13.1 Å². The third kappa shape index (κ3) is 4.29. The summed E-state index contributed by atoms with van der Waals surface area (Å²) in [7, 11) is 2.12. The first-order chi connectivity index (χ1) is 8.55. The van der Waals surface area contributed by atoms with Gasteiger partial charge in [-0.3, -0.25) is 0 Å². The fourth-order valence-corrected chi connectivity index (χ4v) is 2.82. The topological polar surface area (TPSA) is 3.24 Å². The van der Waals surface area contributed by atoms with Gasteiger partial charge in [-0.1, -0.05) is 26.0 Å². The highest BCUT2D eigenvalue weighted by atomic mass is 32.1. The zero-order valence-electron chi connectivity index (χ0n) is 11.6. The summed E-state index contributed by atoms with van der Waals surface area (Å²) in [5.41, 5.74) is 1.44. The van der Waals surface area contributed by atoms with Crippen LogP contribution in [0.4, 0.5) is 4.39 Å². The second-order valence-corrected chi connectivity index (χ2v) is 5.48. The third-order valence-electron chi connectivity index (χ3n) is 3.81. The van der Waals surface area contributed by atoms with Gasteiger partial charge in [-0.05, 0) is 48.8 Å². The minimum absolute atomic E-state index is 0.173. The van der Waals surface area contributed by atoms with Crippen LogP contribution in [0.3, 0.4) is 0 Å². The number of thiol groups is 1. The predicted octanol–water partition coefficient (Wildman–Crippen LogP) is 3.99. The van der Waals surface area contributed by atoms with Crippen molar-refractivity contribution in [2.24, 2.45) is 5.41 Å². The lowest BCUT2D eigenvalue weighted by Gasteiger charge is -2.34. The van der Waals surface area contributed by atoms with E-state index in [4.69, 9.17) is 0 Å². The van der Waals surface area contributed by atoms with E-state index in [1.54, 1.807) is 0 Å². The molecule has 0 saturated heterocycles. The fourth-order valence-electron chi connectivity index (χ4n) is 2.28. The Hall–Kier alpha value is -0.540. The summed E-state index contributed by atoms with van der Waals surface area (Å²) in [6.07, 6.45) is 2.28. The van der Waals surface area contributed by atoms with Crippen molar-refractivity contribution in [1.82, 2.24) is 4.90 Å². The highest BCUT2D eigenvalue weighted by Gasteiger charge is 2.25. The lowest BCUT2D eigenvalue weighted by Crippen LogP contribution is -2.36. The molecule has 0 heterocycles. The molecule has 0 aliphatic rings. The Kier molecular flexibility index (Phi) is 6.16. The molecule has 0 aliphatic heterocycles. The molecule has 1 nitrogen and oxygen atoms in total. The zero-order valence-corrected chi connectivity index (χ0v) is 12.5. The molecule has 0 aliphatic carbocycles. The van der Waals surface area contributed by atoms with E-state index in [-0.39, 0.29) is 11.2 Å². The highest BCUT2D eigenvalue weighted by molar-refractivity contribution is 7.80. The summed E-state index contributed by atoms with van der Waals surface area (Å²) in [6.45, 7) is 6.34. The van der Waals surface area contributed by atoms with Gasteiger partial charge in [-0.25, -0.2) is 4.39 Å². The van der Waals surface area contributed by atoms with Crippen molar-refractivity contribution >= 4 is 12.6 Å². The fraction of sp³-hybridized carbons (Fsp3) is 0.600. The maximum absolute atomic E-state index is 12.8. The van der Waals surface area contributed by atoms with E-state index in [1.807, 2.05) is 12.1 Å². The Labute approximate surface area is 116 Å². The van der Waals surface area contributed by atoms with Crippen LogP contribution in [0.2, 0.25) is 0 Å². The first-order valence-corrected chi connectivity index (χ1v) is 7.22. The van der Waals surface area contributed by atoms with Crippen LogP contribution < -0.4 is 0 Å². The summed E-state index contributed by atoms with van der Waals surface area (Å²) in [6, 6.07) is 6.75. The molecule has 0 fully saturated rings. The van der Waals surface area contributed by atoms with Crippen LogP contribution in [0.15, 0.2) is 24.3 Å². The second kappa shape index (κ2) is 7.15. The number of nitrogens with zero attached hydrogens (tertiary/aromatic N) is 1. The minimum atomic E-state index is -0.173. The van der Waals surface area contributed by atoms with Gasteiger partial charge in [0.1, 0.15) is 5.82 Å². The van der Waals surface area contributed by atoms with E-state index in [0.29, 0.717) is 0 Å². The second-order valence-electron chi connectivity index (χ2n) is 5.16. The zero-order chi connectivity index (χ0) is 13.6. The van der Waals surface area contributed by atoms with Crippen molar-refractivity contribution in [2.45, 2.75) is 33.2 Å². The van der Waals surface area contributed by atoms with Crippen LogP contribution in [0.5, 0.6) is 0 Å². The number of rotatable bonds is 7. The minimum Gasteiger partial charge on any atom is -0.302 e. The lowest BCUT2D eigenvalue weighted by atomic mass is 9.84. The molecule has 0 amide bonds. The lowest BCUT2D eigenvalue weighted by molar-refractivity contribution is 0.179. The molecule has 18 heavy (non-hydrogen) atoms. The third-order valence-corrected chi connectivity index (χ3v) is 4.48. The highest BCUT2D eigenvalue weighted by Crippen LogP contribution is 2.29. The van der Waals surface area contributed by atoms with Crippen molar-refractivity contribution in [1.29, 1.82) is 0 Å².